The van der Waals surface area contributed by atoms with Gasteiger partial charge in [0, 0.05) is 7.11 Å². The normalized spacial score (nSPS) is 16.3. The first kappa shape index (κ1) is 14.2. The van der Waals surface area contributed by atoms with Crippen LogP contribution in [0.5, 0.6) is 0 Å². The number of ether oxygens (including phenoxy) is 2. The molecular weight excluding hydrogens is 215 g/mol. The molecule has 0 fully saturated rings. The lowest BCUT2D eigenvalue weighted by Crippen LogP contribution is -2.52. The molecule has 0 saturated carbocycles. The number of carbonyl (C=O) groups is 1. The first-order chi connectivity index (χ1) is 6.70. The van der Waals surface area contributed by atoms with E-state index >= 15 is 0 Å². The summed E-state index contributed by atoms with van der Waals surface area (Å²) in [5, 5.41) is 0. The predicted molar refractivity (Wildman–Crippen MR) is 46.1 cm³/mol. The van der Waals surface area contributed by atoms with Crippen LogP contribution in [-0.4, -0.2) is 37.5 Å². The Morgan fingerprint density at radius 3 is 2.07 bits per heavy atom. The van der Waals surface area contributed by atoms with Crippen molar-refractivity contribution < 1.29 is 27.4 Å². The Kier molecular flexibility index (Phi) is 5.02. The fourth-order valence-corrected chi connectivity index (χ4v) is 0.860. The summed E-state index contributed by atoms with van der Waals surface area (Å²) in [6, 6.07) is -2.38. The molecule has 0 aliphatic carbocycles. The fourth-order valence-electron chi connectivity index (χ4n) is 0.860. The van der Waals surface area contributed by atoms with Gasteiger partial charge in [-0.15, -0.1) is 0 Å². The molecule has 0 rings (SSSR count). The number of nitrogens with two attached hydrogens (primary N) is 1. The van der Waals surface area contributed by atoms with Crippen molar-refractivity contribution in [1.29, 1.82) is 0 Å². The Hall–Kier alpha value is -0.820. The van der Waals surface area contributed by atoms with Crippen molar-refractivity contribution in [3.05, 3.63) is 0 Å². The predicted octanol–water partition coefficient (Wildman–Crippen LogP) is 0.843. The van der Waals surface area contributed by atoms with E-state index in [-0.39, 0.29) is 0 Å². The van der Waals surface area contributed by atoms with Gasteiger partial charge in [-0.2, -0.15) is 13.2 Å². The van der Waals surface area contributed by atoms with E-state index in [9.17, 15) is 18.0 Å². The monoisotopic (exact) mass is 229 g/mol. The number of alkyl halides is 3. The van der Waals surface area contributed by atoms with Gasteiger partial charge >= 0.3 is 12.1 Å². The van der Waals surface area contributed by atoms with Gasteiger partial charge in [-0.25, -0.2) is 4.79 Å². The molecule has 0 aromatic rings. The average Bonchev–Trinajstić information content (AvgIpc) is 2.01. The smallest absolute Gasteiger partial charge is 0.406 e. The second-order valence-corrected chi connectivity index (χ2v) is 3.21. The topological polar surface area (TPSA) is 61.5 Å². The molecule has 0 heterocycles. The maximum atomic E-state index is 12.2. The van der Waals surface area contributed by atoms with Crippen LogP contribution in [0.25, 0.3) is 0 Å². The summed E-state index contributed by atoms with van der Waals surface area (Å²) in [6.07, 6.45) is -7.04. The number of rotatable bonds is 4. The fraction of sp³-hybridized carbons (Fsp3) is 0.875. The molecule has 0 aromatic heterocycles. The van der Waals surface area contributed by atoms with Crippen molar-refractivity contribution >= 4 is 5.97 Å². The third-order valence-electron chi connectivity index (χ3n) is 1.54. The lowest BCUT2D eigenvalue weighted by molar-refractivity contribution is -0.191. The van der Waals surface area contributed by atoms with Gasteiger partial charge in [0.1, 0.15) is 6.04 Å². The molecule has 0 aliphatic rings. The van der Waals surface area contributed by atoms with Crippen LogP contribution in [0.2, 0.25) is 0 Å². The summed E-state index contributed by atoms with van der Waals surface area (Å²) in [7, 11) is 0.970. The van der Waals surface area contributed by atoms with Gasteiger partial charge in [0.25, 0.3) is 0 Å². The first-order valence-corrected chi connectivity index (χ1v) is 4.25. The van der Waals surface area contributed by atoms with Crippen molar-refractivity contribution in [3.8, 4) is 0 Å². The molecule has 0 aliphatic heterocycles. The van der Waals surface area contributed by atoms with E-state index in [1.807, 2.05) is 0 Å². The maximum Gasteiger partial charge on any atom is 0.406 e. The minimum absolute atomic E-state index is 0.518. The number of hydrogen-bond donors (Lipinski definition) is 1. The Balaban J connectivity index is 4.55. The zero-order valence-corrected chi connectivity index (χ0v) is 8.67. The Labute approximate surface area is 85.5 Å². The number of halogens is 3. The van der Waals surface area contributed by atoms with Crippen LogP contribution in [0.3, 0.4) is 0 Å². The van der Waals surface area contributed by atoms with Crippen molar-refractivity contribution in [2.75, 3.05) is 7.11 Å². The van der Waals surface area contributed by atoms with Crippen molar-refractivity contribution in [2.45, 2.75) is 38.3 Å². The van der Waals surface area contributed by atoms with E-state index in [0.29, 0.717) is 0 Å². The number of methoxy groups -OCH3 is 1. The quantitative estimate of drug-likeness (QED) is 0.726. The highest BCUT2D eigenvalue weighted by molar-refractivity contribution is 5.76. The molecule has 0 spiro atoms. The molecule has 0 aromatic carbocycles. The summed E-state index contributed by atoms with van der Waals surface area (Å²) >= 11 is 0. The summed E-state index contributed by atoms with van der Waals surface area (Å²) in [4.78, 5) is 11.1. The zero-order valence-electron chi connectivity index (χ0n) is 8.67. The third-order valence-corrected chi connectivity index (χ3v) is 1.54. The first-order valence-electron chi connectivity index (χ1n) is 4.25. The van der Waals surface area contributed by atoms with Crippen molar-refractivity contribution in [2.24, 2.45) is 5.73 Å². The Bertz CT molecular complexity index is 218. The van der Waals surface area contributed by atoms with Gasteiger partial charge in [-0.05, 0) is 13.8 Å². The van der Waals surface area contributed by atoms with Crippen LogP contribution < -0.4 is 5.73 Å². The molecule has 2 N–H and O–H groups in total. The van der Waals surface area contributed by atoms with Gasteiger partial charge in [-0.1, -0.05) is 0 Å². The summed E-state index contributed by atoms with van der Waals surface area (Å²) in [5.74, 6) is -1.11. The molecule has 0 saturated heterocycles. The SMILES string of the molecule is CO[C@H](C(=O)OC(C)C)[C@H](N)C(F)(F)F. The van der Waals surface area contributed by atoms with Crippen LogP contribution >= 0.6 is 0 Å². The van der Waals surface area contributed by atoms with E-state index in [1.165, 1.54) is 13.8 Å². The molecule has 2 atom stereocenters. The molecule has 0 bridgehead atoms. The number of carbonyl (C=O) groups excluding carboxylic acids is 1. The summed E-state index contributed by atoms with van der Waals surface area (Å²) < 4.78 is 45.5. The lowest BCUT2D eigenvalue weighted by Gasteiger charge is -2.23. The summed E-state index contributed by atoms with van der Waals surface area (Å²) in [5.41, 5.74) is 4.83. The van der Waals surface area contributed by atoms with Gasteiger partial charge in [0.2, 0.25) is 0 Å². The van der Waals surface area contributed by atoms with Crippen LogP contribution in [-0.2, 0) is 14.3 Å². The Morgan fingerprint density at radius 1 is 1.33 bits per heavy atom. The lowest BCUT2D eigenvalue weighted by atomic mass is 10.1. The molecule has 15 heavy (non-hydrogen) atoms. The van der Waals surface area contributed by atoms with Gasteiger partial charge in [-0.3, -0.25) is 0 Å². The van der Waals surface area contributed by atoms with E-state index in [1.54, 1.807) is 0 Å². The maximum absolute atomic E-state index is 12.2. The van der Waals surface area contributed by atoms with E-state index < -0.39 is 30.4 Å². The van der Waals surface area contributed by atoms with Crippen LogP contribution in [0, 0.1) is 0 Å². The molecule has 0 radical (unpaired) electrons. The minimum atomic E-state index is -4.70. The number of hydrogen-bond acceptors (Lipinski definition) is 4. The molecular formula is C8H14F3NO3. The molecule has 4 nitrogen and oxygen atoms in total. The third kappa shape index (κ3) is 4.48. The second kappa shape index (κ2) is 5.32. The standard InChI is InChI=1S/C8H14F3NO3/c1-4(2)15-7(13)5(14-3)6(12)8(9,10)11/h4-6H,12H2,1-3H3/t5-,6-/m0/s1. The highest BCUT2D eigenvalue weighted by Crippen LogP contribution is 2.22. The average molecular weight is 229 g/mol. The van der Waals surface area contributed by atoms with Crippen LogP contribution in [0.1, 0.15) is 13.8 Å². The van der Waals surface area contributed by atoms with Gasteiger partial charge in [0.15, 0.2) is 6.10 Å². The van der Waals surface area contributed by atoms with E-state index in [2.05, 4.69) is 9.47 Å². The van der Waals surface area contributed by atoms with Crippen LogP contribution in [0.4, 0.5) is 13.2 Å². The molecule has 7 heteroatoms. The molecule has 0 unspecified atom stereocenters. The largest absolute Gasteiger partial charge is 0.461 e. The van der Waals surface area contributed by atoms with Crippen LogP contribution in [0.15, 0.2) is 0 Å². The zero-order chi connectivity index (χ0) is 12.2. The van der Waals surface area contributed by atoms with E-state index in [0.717, 1.165) is 7.11 Å². The van der Waals surface area contributed by atoms with Gasteiger partial charge in [0.05, 0.1) is 6.10 Å². The highest BCUT2D eigenvalue weighted by atomic mass is 19.4. The van der Waals surface area contributed by atoms with Gasteiger partial charge < -0.3 is 15.2 Å². The highest BCUT2D eigenvalue weighted by Gasteiger charge is 2.46. The number of esters is 1. The van der Waals surface area contributed by atoms with E-state index in [4.69, 9.17) is 5.73 Å². The second-order valence-electron chi connectivity index (χ2n) is 3.21. The van der Waals surface area contributed by atoms with Crippen molar-refractivity contribution in [3.63, 3.8) is 0 Å². The molecule has 90 valence electrons. The summed E-state index contributed by atoms with van der Waals surface area (Å²) in [6.45, 7) is 3.04. The Morgan fingerprint density at radius 2 is 1.80 bits per heavy atom. The molecule has 0 amide bonds. The minimum Gasteiger partial charge on any atom is -0.461 e. The van der Waals surface area contributed by atoms with Crippen molar-refractivity contribution in [1.82, 2.24) is 0 Å².